The minimum Gasteiger partial charge on any atom is -0.481 e. The number of nitrogens with one attached hydrogen (secondary N) is 1. The summed E-state index contributed by atoms with van der Waals surface area (Å²) in [7, 11) is 0. The SMILES string of the molecule is CC(C)(CNC(=O)N1C[C@@H]2CCC[C@@]2(C(=O)O)C1)N1CCCCC1. The highest BCUT2D eigenvalue weighted by molar-refractivity contribution is 5.80. The lowest BCUT2D eigenvalue weighted by molar-refractivity contribution is -0.149. The number of nitrogens with zero attached hydrogens (tertiary/aromatic N) is 2. The lowest BCUT2D eigenvalue weighted by atomic mass is 9.81. The Balaban J connectivity index is 1.55. The zero-order valence-corrected chi connectivity index (χ0v) is 15.0. The maximum absolute atomic E-state index is 12.6. The minimum absolute atomic E-state index is 0.0594. The van der Waals surface area contributed by atoms with Gasteiger partial charge < -0.3 is 15.3 Å². The number of aliphatic carboxylic acids is 1. The molecule has 2 N–H and O–H groups in total. The molecule has 1 aliphatic carbocycles. The number of piperidine rings is 1. The second-order valence-corrected chi connectivity index (χ2v) is 8.45. The third-order valence-electron chi connectivity index (χ3n) is 6.47. The first-order valence-electron chi connectivity index (χ1n) is 9.36. The van der Waals surface area contributed by atoms with Gasteiger partial charge in [-0.1, -0.05) is 12.8 Å². The van der Waals surface area contributed by atoms with Gasteiger partial charge in [0.15, 0.2) is 0 Å². The first-order chi connectivity index (χ1) is 11.3. The van der Waals surface area contributed by atoms with Crippen LogP contribution in [-0.4, -0.2) is 65.2 Å². The van der Waals surface area contributed by atoms with E-state index in [0.29, 0.717) is 26.1 Å². The molecule has 0 radical (unpaired) electrons. The van der Waals surface area contributed by atoms with Gasteiger partial charge in [0.2, 0.25) is 0 Å². The fourth-order valence-corrected chi connectivity index (χ4v) is 4.81. The number of fused-ring (bicyclic) bond motifs is 1. The van der Waals surface area contributed by atoms with E-state index in [1.165, 1.54) is 19.3 Å². The van der Waals surface area contributed by atoms with Crippen molar-refractivity contribution in [2.45, 2.75) is 57.9 Å². The summed E-state index contributed by atoms with van der Waals surface area (Å²) in [6, 6.07) is -0.102. The minimum atomic E-state index is -0.728. The fourth-order valence-electron chi connectivity index (χ4n) is 4.81. The monoisotopic (exact) mass is 337 g/mol. The molecule has 0 aromatic carbocycles. The van der Waals surface area contributed by atoms with Crippen molar-refractivity contribution in [3.05, 3.63) is 0 Å². The number of urea groups is 1. The molecule has 1 saturated carbocycles. The Morgan fingerprint density at radius 2 is 1.92 bits per heavy atom. The number of hydrogen-bond acceptors (Lipinski definition) is 3. The van der Waals surface area contributed by atoms with Crippen LogP contribution in [0.25, 0.3) is 0 Å². The van der Waals surface area contributed by atoms with Crippen LogP contribution >= 0.6 is 0 Å². The molecule has 136 valence electrons. The summed E-state index contributed by atoms with van der Waals surface area (Å²) < 4.78 is 0. The van der Waals surface area contributed by atoms with E-state index in [2.05, 4.69) is 24.1 Å². The molecule has 6 nitrogen and oxygen atoms in total. The molecular weight excluding hydrogens is 306 g/mol. The van der Waals surface area contributed by atoms with Crippen LogP contribution in [0.15, 0.2) is 0 Å². The summed E-state index contributed by atoms with van der Waals surface area (Å²) in [5.41, 5.74) is -0.754. The highest BCUT2D eigenvalue weighted by Crippen LogP contribution is 2.48. The Hall–Kier alpha value is -1.30. The number of carbonyl (C=O) groups excluding carboxylic acids is 1. The largest absolute Gasteiger partial charge is 0.481 e. The Bertz CT molecular complexity index is 502. The molecule has 0 aromatic heterocycles. The molecule has 3 fully saturated rings. The lowest BCUT2D eigenvalue weighted by Crippen LogP contribution is -2.55. The predicted octanol–water partition coefficient (Wildman–Crippen LogP) is 2.15. The summed E-state index contributed by atoms with van der Waals surface area (Å²) in [5, 5.41) is 12.7. The number of rotatable bonds is 4. The molecule has 0 unspecified atom stereocenters. The molecule has 0 spiro atoms. The molecular formula is C18H31N3O3. The highest BCUT2D eigenvalue weighted by Gasteiger charge is 2.55. The zero-order chi connectivity index (χ0) is 17.4. The van der Waals surface area contributed by atoms with Gasteiger partial charge in [0.05, 0.1) is 5.41 Å². The van der Waals surface area contributed by atoms with Gasteiger partial charge in [-0.3, -0.25) is 9.69 Å². The van der Waals surface area contributed by atoms with E-state index in [-0.39, 0.29) is 17.5 Å². The van der Waals surface area contributed by atoms with Crippen LogP contribution < -0.4 is 5.32 Å². The molecule has 2 heterocycles. The number of likely N-dealkylation sites (tertiary alicyclic amines) is 2. The van der Waals surface area contributed by atoms with Crippen LogP contribution in [0.3, 0.4) is 0 Å². The fraction of sp³-hybridized carbons (Fsp3) is 0.889. The lowest BCUT2D eigenvalue weighted by Gasteiger charge is -2.41. The Morgan fingerprint density at radius 1 is 1.21 bits per heavy atom. The van der Waals surface area contributed by atoms with Crippen LogP contribution in [0, 0.1) is 11.3 Å². The number of carboxylic acid groups (broad SMARTS) is 1. The van der Waals surface area contributed by atoms with Gasteiger partial charge in [-0.05, 0) is 58.5 Å². The molecule has 2 amide bonds. The zero-order valence-electron chi connectivity index (χ0n) is 15.0. The Labute approximate surface area is 144 Å². The van der Waals surface area contributed by atoms with Gasteiger partial charge in [0, 0.05) is 25.2 Å². The van der Waals surface area contributed by atoms with Gasteiger partial charge in [-0.25, -0.2) is 4.79 Å². The molecule has 2 aliphatic heterocycles. The van der Waals surface area contributed by atoms with Crippen molar-refractivity contribution in [1.29, 1.82) is 0 Å². The Morgan fingerprint density at radius 3 is 2.54 bits per heavy atom. The van der Waals surface area contributed by atoms with E-state index in [1.807, 2.05) is 0 Å². The van der Waals surface area contributed by atoms with Crippen molar-refractivity contribution in [2.75, 3.05) is 32.7 Å². The maximum Gasteiger partial charge on any atom is 0.317 e. The van der Waals surface area contributed by atoms with Crippen molar-refractivity contribution in [3.63, 3.8) is 0 Å². The second-order valence-electron chi connectivity index (χ2n) is 8.45. The Kier molecular flexibility index (Phi) is 4.78. The molecule has 2 atom stereocenters. The van der Waals surface area contributed by atoms with Crippen LogP contribution in [-0.2, 0) is 4.79 Å². The van der Waals surface area contributed by atoms with Gasteiger partial charge >= 0.3 is 12.0 Å². The second kappa shape index (κ2) is 6.54. The predicted molar refractivity (Wildman–Crippen MR) is 91.9 cm³/mol. The third kappa shape index (κ3) is 3.13. The summed E-state index contributed by atoms with van der Waals surface area (Å²) in [6.07, 6.45) is 6.35. The van der Waals surface area contributed by atoms with Crippen LogP contribution in [0.5, 0.6) is 0 Å². The van der Waals surface area contributed by atoms with E-state index in [9.17, 15) is 14.7 Å². The first kappa shape index (κ1) is 17.5. The molecule has 2 saturated heterocycles. The molecule has 0 bridgehead atoms. The average molecular weight is 337 g/mol. The van der Waals surface area contributed by atoms with E-state index in [1.54, 1.807) is 4.90 Å². The van der Waals surface area contributed by atoms with Gasteiger partial charge in [-0.2, -0.15) is 0 Å². The van der Waals surface area contributed by atoms with E-state index in [0.717, 1.165) is 25.9 Å². The van der Waals surface area contributed by atoms with Crippen molar-refractivity contribution in [3.8, 4) is 0 Å². The normalized spacial score (nSPS) is 31.1. The van der Waals surface area contributed by atoms with Gasteiger partial charge in [-0.15, -0.1) is 0 Å². The van der Waals surface area contributed by atoms with Crippen molar-refractivity contribution < 1.29 is 14.7 Å². The molecule has 0 aromatic rings. The number of amides is 2. The van der Waals surface area contributed by atoms with Crippen LogP contribution in [0.4, 0.5) is 4.79 Å². The summed E-state index contributed by atoms with van der Waals surface area (Å²) in [6.45, 7) is 8.10. The van der Waals surface area contributed by atoms with Gasteiger partial charge in [0.25, 0.3) is 0 Å². The summed E-state index contributed by atoms with van der Waals surface area (Å²) in [5.74, 6) is -0.607. The van der Waals surface area contributed by atoms with E-state index in [4.69, 9.17) is 0 Å². The standard InChI is InChI=1S/C18H31N3O3/c1-17(2,21-9-4-3-5-10-21)12-19-16(24)20-11-14-7-6-8-18(14,13-20)15(22)23/h14H,3-13H2,1-2H3,(H,19,24)(H,22,23)/t14-,18+/m0/s1. The summed E-state index contributed by atoms with van der Waals surface area (Å²) >= 11 is 0. The molecule has 3 rings (SSSR count). The molecule has 6 heteroatoms. The maximum atomic E-state index is 12.6. The van der Waals surface area contributed by atoms with Crippen molar-refractivity contribution in [2.24, 2.45) is 11.3 Å². The molecule has 24 heavy (non-hydrogen) atoms. The van der Waals surface area contributed by atoms with Crippen molar-refractivity contribution in [1.82, 2.24) is 15.1 Å². The highest BCUT2D eigenvalue weighted by atomic mass is 16.4. The number of carboxylic acids is 1. The van der Waals surface area contributed by atoms with E-state index >= 15 is 0 Å². The average Bonchev–Trinajstić information content (AvgIpc) is 3.12. The quantitative estimate of drug-likeness (QED) is 0.824. The smallest absolute Gasteiger partial charge is 0.317 e. The third-order valence-corrected chi connectivity index (χ3v) is 6.47. The number of hydrogen-bond donors (Lipinski definition) is 2. The van der Waals surface area contributed by atoms with Gasteiger partial charge in [0.1, 0.15) is 0 Å². The molecule has 3 aliphatic rings. The number of carbonyl (C=O) groups is 2. The topological polar surface area (TPSA) is 72.9 Å². The van der Waals surface area contributed by atoms with E-state index < -0.39 is 11.4 Å². The van der Waals surface area contributed by atoms with Crippen LogP contribution in [0.1, 0.15) is 52.4 Å². The van der Waals surface area contributed by atoms with Crippen molar-refractivity contribution >= 4 is 12.0 Å². The van der Waals surface area contributed by atoms with Crippen LogP contribution in [0.2, 0.25) is 0 Å². The first-order valence-corrected chi connectivity index (χ1v) is 9.36. The summed E-state index contributed by atoms with van der Waals surface area (Å²) in [4.78, 5) is 28.5.